The first-order valence-electron chi connectivity index (χ1n) is 10.5. The summed E-state index contributed by atoms with van der Waals surface area (Å²) in [6.07, 6.45) is 2.83. The number of carboxylic acid groups (broad SMARTS) is 1. The molecule has 1 aliphatic carbocycles. The van der Waals surface area contributed by atoms with Gasteiger partial charge in [0.2, 0.25) is 0 Å². The summed E-state index contributed by atoms with van der Waals surface area (Å²) in [4.78, 5) is 35.5. The lowest BCUT2D eigenvalue weighted by molar-refractivity contribution is -0.143. The topological polar surface area (TPSA) is 106 Å². The van der Waals surface area contributed by atoms with Crippen LogP contribution < -0.4 is 15.7 Å². The Morgan fingerprint density at radius 2 is 1.93 bits per heavy atom. The van der Waals surface area contributed by atoms with Crippen molar-refractivity contribution in [3.8, 4) is 5.75 Å². The normalized spacial score (nSPS) is 20.0. The highest BCUT2D eigenvalue weighted by atomic mass is 16.5. The standard InChI is InChI=1S/C23H29NO6/c1-4-16-11-20(25)30-19-10-13(2)9-18(21(16)19)29-14(3)22(26)24-12-15-5-7-17(8-6-15)23(27)28/h9-11,14-15,17H,4-8,12H2,1-3H3,(H,24,26)(H,27,28)/t14-,15?,17?/m1/s1. The number of amides is 1. The van der Waals surface area contributed by atoms with Gasteiger partial charge in [-0.25, -0.2) is 4.79 Å². The van der Waals surface area contributed by atoms with Crippen molar-refractivity contribution in [2.24, 2.45) is 11.8 Å². The molecule has 1 aromatic heterocycles. The Hall–Kier alpha value is -2.83. The molecule has 1 fully saturated rings. The molecule has 2 N–H and O–H groups in total. The second-order valence-electron chi connectivity index (χ2n) is 8.14. The fourth-order valence-electron chi connectivity index (χ4n) is 4.09. The van der Waals surface area contributed by atoms with Crippen molar-refractivity contribution in [1.82, 2.24) is 5.32 Å². The molecule has 3 rings (SSSR count). The molecule has 1 aromatic carbocycles. The number of hydrogen-bond acceptors (Lipinski definition) is 5. The Labute approximate surface area is 175 Å². The van der Waals surface area contributed by atoms with E-state index in [1.807, 2.05) is 19.9 Å². The van der Waals surface area contributed by atoms with Crippen LogP contribution in [0, 0.1) is 18.8 Å². The molecule has 7 nitrogen and oxygen atoms in total. The van der Waals surface area contributed by atoms with E-state index in [2.05, 4.69) is 5.32 Å². The summed E-state index contributed by atoms with van der Waals surface area (Å²) in [5.41, 5.74) is 1.74. The highest BCUT2D eigenvalue weighted by Crippen LogP contribution is 2.31. The third-order valence-electron chi connectivity index (χ3n) is 5.85. The summed E-state index contributed by atoms with van der Waals surface area (Å²) in [7, 11) is 0. The fourth-order valence-corrected chi connectivity index (χ4v) is 4.09. The van der Waals surface area contributed by atoms with Crippen molar-refractivity contribution in [2.75, 3.05) is 6.54 Å². The highest BCUT2D eigenvalue weighted by Gasteiger charge is 2.27. The molecule has 7 heteroatoms. The Morgan fingerprint density at radius 1 is 1.23 bits per heavy atom. The van der Waals surface area contributed by atoms with Crippen LogP contribution in [0.4, 0.5) is 0 Å². The maximum absolute atomic E-state index is 12.6. The van der Waals surface area contributed by atoms with Gasteiger partial charge in [-0.2, -0.15) is 0 Å². The van der Waals surface area contributed by atoms with E-state index in [1.54, 1.807) is 13.0 Å². The number of aryl methyl sites for hydroxylation is 2. The number of hydrogen-bond donors (Lipinski definition) is 2. The number of carboxylic acids is 1. The van der Waals surface area contributed by atoms with Crippen LogP contribution in [0.3, 0.4) is 0 Å². The van der Waals surface area contributed by atoms with Gasteiger partial charge in [-0.15, -0.1) is 0 Å². The summed E-state index contributed by atoms with van der Waals surface area (Å²) >= 11 is 0. The van der Waals surface area contributed by atoms with Crippen LogP contribution in [0.2, 0.25) is 0 Å². The second-order valence-corrected chi connectivity index (χ2v) is 8.14. The zero-order chi connectivity index (χ0) is 21.8. The average molecular weight is 415 g/mol. The molecule has 0 saturated heterocycles. The quantitative estimate of drug-likeness (QED) is 0.671. The van der Waals surface area contributed by atoms with Gasteiger partial charge in [-0.3, -0.25) is 9.59 Å². The molecule has 0 unspecified atom stereocenters. The van der Waals surface area contributed by atoms with Gasteiger partial charge in [-0.1, -0.05) is 6.92 Å². The van der Waals surface area contributed by atoms with Gasteiger partial charge < -0.3 is 19.6 Å². The van der Waals surface area contributed by atoms with E-state index in [4.69, 9.17) is 14.3 Å². The smallest absolute Gasteiger partial charge is 0.336 e. The third-order valence-corrected chi connectivity index (χ3v) is 5.85. The van der Waals surface area contributed by atoms with Gasteiger partial charge in [0.05, 0.1) is 11.3 Å². The van der Waals surface area contributed by atoms with E-state index in [-0.39, 0.29) is 17.7 Å². The van der Waals surface area contributed by atoms with E-state index in [9.17, 15) is 14.4 Å². The SMILES string of the molecule is CCc1cc(=O)oc2cc(C)cc(O[C@H](C)C(=O)NCC3CCC(C(=O)O)CC3)c12. The molecule has 0 radical (unpaired) electrons. The number of carbonyl (C=O) groups excluding carboxylic acids is 1. The number of carbonyl (C=O) groups is 2. The van der Waals surface area contributed by atoms with Gasteiger partial charge in [0.1, 0.15) is 11.3 Å². The first-order valence-corrected chi connectivity index (χ1v) is 10.5. The zero-order valence-corrected chi connectivity index (χ0v) is 17.7. The number of aliphatic carboxylic acids is 1. The predicted octanol–water partition coefficient (Wildman–Crippen LogP) is 3.44. The number of rotatable bonds is 7. The Morgan fingerprint density at radius 3 is 2.57 bits per heavy atom. The van der Waals surface area contributed by atoms with Crippen LogP contribution in [0.1, 0.15) is 50.7 Å². The Bertz CT molecular complexity index is 987. The summed E-state index contributed by atoms with van der Waals surface area (Å²) < 4.78 is 11.3. The largest absolute Gasteiger partial charge is 0.481 e. The lowest BCUT2D eigenvalue weighted by Gasteiger charge is -2.26. The number of nitrogens with one attached hydrogen (secondary N) is 1. The monoisotopic (exact) mass is 415 g/mol. The van der Waals surface area contributed by atoms with Crippen molar-refractivity contribution in [3.63, 3.8) is 0 Å². The molecule has 0 aliphatic heterocycles. The summed E-state index contributed by atoms with van der Waals surface area (Å²) in [6.45, 7) is 6.04. The fraction of sp³-hybridized carbons (Fsp3) is 0.522. The molecule has 1 atom stereocenters. The molecule has 0 spiro atoms. The molecule has 1 aliphatic rings. The molecule has 30 heavy (non-hydrogen) atoms. The molecular weight excluding hydrogens is 386 g/mol. The number of benzene rings is 1. The van der Waals surface area contributed by atoms with E-state index in [1.165, 1.54) is 6.07 Å². The predicted molar refractivity (Wildman–Crippen MR) is 113 cm³/mol. The summed E-state index contributed by atoms with van der Waals surface area (Å²) in [6, 6.07) is 5.10. The van der Waals surface area contributed by atoms with E-state index in [0.29, 0.717) is 42.5 Å². The minimum Gasteiger partial charge on any atom is -0.481 e. The van der Waals surface area contributed by atoms with Gasteiger partial charge in [0, 0.05) is 12.6 Å². The second kappa shape index (κ2) is 9.32. The first kappa shape index (κ1) is 21.9. The summed E-state index contributed by atoms with van der Waals surface area (Å²) in [5.74, 6) is -0.401. The van der Waals surface area contributed by atoms with Crippen molar-refractivity contribution in [3.05, 3.63) is 39.7 Å². The van der Waals surface area contributed by atoms with Crippen molar-refractivity contribution in [1.29, 1.82) is 0 Å². The van der Waals surface area contributed by atoms with Crippen molar-refractivity contribution >= 4 is 22.8 Å². The molecule has 1 amide bonds. The Balaban J connectivity index is 1.66. The summed E-state index contributed by atoms with van der Waals surface area (Å²) in [5, 5.41) is 12.7. The molecule has 2 aromatic rings. The molecule has 1 saturated carbocycles. The van der Waals surface area contributed by atoms with Crippen LogP contribution in [-0.4, -0.2) is 29.6 Å². The number of ether oxygens (including phenoxy) is 1. The van der Waals surface area contributed by atoms with Gasteiger partial charge in [0.15, 0.2) is 6.10 Å². The van der Waals surface area contributed by atoms with Crippen molar-refractivity contribution in [2.45, 2.75) is 59.0 Å². The van der Waals surface area contributed by atoms with Crippen LogP contribution in [0.15, 0.2) is 27.4 Å². The van der Waals surface area contributed by atoms with E-state index >= 15 is 0 Å². The lowest BCUT2D eigenvalue weighted by Crippen LogP contribution is -2.39. The molecule has 162 valence electrons. The first-order chi connectivity index (χ1) is 14.3. The maximum atomic E-state index is 12.6. The van der Waals surface area contributed by atoms with Gasteiger partial charge in [-0.05, 0) is 75.1 Å². The average Bonchev–Trinajstić information content (AvgIpc) is 2.70. The van der Waals surface area contributed by atoms with Gasteiger partial charge in [0.25, 0.3) is 5.91 Å². The minimum atomic E-state index is -0.729. The van der Waals surface area contributed by atoms with Crippen molar-refractivity contribution < 1.29 is 23.8 Å². The third kappa shape index (κ3) is 5.01. The molecule has 1 heterocycles. The molecular formula is C23H29NO6. The van der Waals surface area contributed by atoms with E-state index in [0.717, 1.165) is 24.0 Å². The van der Waals surface area contributed by atoms with Crippen LogP contribution in [0.25, 0.3) is 11.0 Å². The van der Waals surface area contributed by atoms with Gasteiger partial charge >= 0.3 is 11.6 Å². The zero-order valence-electron chi connectivity index (χ0n) is 17.7. The lowest BCUT2D eigenvalue weighted by atomic mass is 9.82. The highest BCUT2D eigenvalue weighted by molar-refractivity contribution is 5.88. The Kier molecular flexibility index (Phi) is 6.80. The maximum Gasteiger partial charge on any atom is 0.336 e. The number of fused-ring (bicyclic) bond motifs is 1. The van der Waals surface area contributed by atoms with Crippen LogP contribution in [0.5, 0.6) is 5.75 Å². The van der Waals surface area contributed by atoms with E-state index < -0.39 is 17.7 Å². The minimum absolute atomic E-state index is 0.222. The molecule has 0 bridgehead atoms. The van der Waals surface area contributed by atoms with Crippen LogP contribution >= 0.6 is 0 Å². The van der Waals surface area contributed by atoms with Crippen LogP contribution in [-0.2, 0) is 16.0 Å².